The van der Waals surface area contributed by atoms with Crippen molar-refractivity contribution in [2.24, 2.45) is 0 Å². The van der Waals surface area contributed by atoms with Gasteiger partial charge < -0.3 is 14.8 Å². The van der Waals surface area contributed by atoms with Crippen LogP contribution in [0.2, 0.25) is 0 Å². The van der Waals surface area contributed by atoms with E-state index >= 15 is 0 Å². The van der Waals surface area contributed by atoms with Crippen LogP contribution in [0.5, 0.6) is 0 Å². The first-order valence-corrected chi connectivity index (χ1v) is 10.2. The summed E-state index contributed by atoms with van der Waals surface area (Å²) >= 11 is 2.79. The number of anilines is 1. The van der Waals surface area contributed by atoms with Crippen molar-refractivity contribution in [1.29, 1.82) is 0 Å². The van der Waals surface area contributed by atoms with Crippen LogP contribution in [0.1, 0.15) is 47.2 Å². The van der Waals surface area contributed by atoms with Crippen molar-refractivity contribution < 1.29 is 23.9 Å². The lowest BCUT2D eigenvalue weighted by Gasteiger charge is -2.08. The molecule has 0 aromatic carbocycles. The maximum Gasteiger partial charge on any atom is 0.341 e. The normalized spacial score (nSPS) is 13.3. The molecule has 0 saturated heterocycles. The first-order valence-electron chi connectivity index (χ1n) is 8.33. The van der Waals surface area contributed by atoms with Gasteiger partial charge in [0.15, 0.2) is 6.61 Å². The van der Waals surface area contributed by atoms with E-state index in [9.17, 15) is 14.4 Å². The number of hydrogen-bond acceptors (Lipinski definition) is 7. The highest BCUT2D eigenvalue weighted by molar-refractivity contribution is 7.15. The molecule has 2 aromatic heterocycles. The molecule has 2 aromatic rings. The Labute approximate surface area is 159 Å². The fraction of sp³-hybridized carbons (Fsp3) is 0.389. The van der Waals surface area contributed by atoms with Crippen LogP contribution in [0.4, 0.5) is 5.00 Å². The first kappa shape index (κ1) is 18.6. The number of hydrogen-bond donors (Lipinski definition) is 1. The van der Waals surface area contributed by atoms with Gasteiger partial charge in [-0.15, -0.1) is 11.3 Å². The third kappa shape index (κ3) is 4.70. The Morgan fingerprint density at radius 1 is 1.23 bits per heavy atom. The minimum atomic E-state index is -0.474. The van der Waals surface area contributed by atoms with E-state index in [-0.39, 0.29) is 19.6 Å². The summed E-state index contributed by atoms with van der Waals surface area (Å²) in [6.45, 7) is 1.63. The Hall–Kier alpha value is -2.19. The summed E-state index contributed by atoms with van der Waals surface area (Å²) in [5, 5.41) is 8.74. The molecule has 0 aliphatic heterocycles. The van der Waals surface area contributed by atoms with Crippen LogP contribution in [0.3, 0.4) is 0 Å². The van der Waals surface area contributed by atoms with Crippen molar-refractivity contribution in [2.75, 3.05) is 18.5 Å². The molecule has 1 aliphatic rings. The quantitative estimate of drug-likeness (QED) is 0.693. The Bertz CT molecular complexity index is 793. The standard InChI is InChI=1S/C18H19NO5S2/c1-2-23-18(22)16-13(12-3-4-12)10-26-17(16)19-14(20)8-24-15(21)7-11-5-6-25-9-11/h5-6,9-10,12H,2-4,7-8H2,1H3,(H,19,20). The van der Waals surface area contributed by atoms with Gasteiger partial charge in [0.2, 0.25) is 0 Å². The minimum absolute atomic E-state index is 0.135. The Kier molecular flexibility index (Phi) is 6.05. The fourth-order valence-electron chi connectivity index (χ4n) is 2.49. The van der Waals surface area contributed by atoms with Crippen LogP contribution >= 0.6 is 22.7 Å². The van der Waals surface area contributed by atoms with Crippen molar-refractivity contribution in [3.63, 3.8) is 0 Å². The van der Waals surface area contributed by atoms with Gasteiger partial charge in [0, 0.05) is 0 Å². The lowest BCUT2D eigenvalue weighted by Crippen LogP contribution is -2.22. The van der Waals surface area contributed by atoms with E-state index in [4.69, 9.17) is 9.47 Å². The molecule has 0 spiro atoms. The molecule has 1 fully saturated rings. The molecular formula is C18H19NO5S2. The molecule has 3 rings (SSSR count). The van der Waals surface area contributed by atoms with Crippen LogP contribution in [-0.2, 0) is 25.5 Å². The van der Waals surface area contributed by atoms with Gasteiger partial charge in [-0.2, -0.15) is 11.3 Å². The number of thiophene rings is 2. The zero-order valence-electron chi connectivity index (χ0n) is 14.3. The van der Waals surface area contributed by atoms with Gasteiger partial charge in [0.1, 0.15) is 5.00 Å². The van der Waals surface area contributed by atoms with Crippen molar-refractivity contribution in [3.8, 4) is 0 Å². The molecule has 1 amide bonds. The van der Waals surface area contributed by atoms with Gasteiger partial charge in [-0.3, -0.25) is 9.59 Å². The second-order valence-electron chi connectivity index (χ2n) is 5.91. The van der Waals surface area contributed by atoms with Gasteiger partial charge in [-0.25, -0.2) is 4.79 Å². The monoisotopic (exact) mass is 393 g/mol. The molecule has 0 radical (unpaired) electrons. The molecule has 138 valence electrons. The number of esters is 2. The third-order valence-electron chi connectivity index (χ3n) is 3.86. The zero-order valence-corrected chi connectivity index (χ0v) is 15.9. The SMILES string of the molecule is CCOC(=O)c1c(C2CC2)csc1NC(=O)COC(=O)Cc1ccsc1. The van der Waals surface area contributed by atoms with Crippen LogP contribution in [0, 0.1) is 0 Å². The zero-order chi connectivity index (χ0) is 18.5. The van der Waals surface area contributed by atoms with E-state index in [1.165, 1.54) is 22.7 Å². The number of ether oxygens (including phenoxy) is 2. The summed E-state index contributed by atoms with van der Waals surface area (Å²) in [6, 6.07) is 1.84. The summed E-state index contributed by atoms with van der Waals surface area (Å²) in [5.74, 6) is -1.01. The number of carbonyl (C=O) groups is 3. The van der Waals surface area contributed by atoms with E-state index in [1.54, 1.807) is 6.92 Å². The maximum absolute atomic E-state index is 12.3. The van der Waals surface area contributed by atoms with Gasteiger partial charge in [0.25, 0.3) is 5.91 Å². The predicted octanol–water partition coefficient (Wildman–Crippen LogP) is 3.59. The summed E-state index contributed by atoms with van der Waals surface area (Å²) in [4.78, 5) is 36.1. The lowest BCUT2D eigenvalue weighted by atomic mass is 10.1. The van der Waals surface area contributed by atoms with E-state index in [0.717, 1.165) is 24.0 Å². The van der Waals surface area contributed by atoms with Crippen LogP contribution in [-0.4, -0.2) is 31.1 Å². The molecule has 1 N–H and O–H groups in total. The van der Waals surface area contributed by atoms with Crippen molar-refractivity contribution in [3.05, 3.63) is 38.9 Å². The fourth-order valence-corrected chi connectivity index (χ4v) is 4.21. The van der Waals surface area contributed by atoms with Gasteiger partial charge >= 0.3 is 11.9 Å². The molecule has 0 unspecified atom stereocenters. The summed E-state index contributed by atoms with van der Waals surface area (Å²) in [5.41, 5.74) is 2.22. The largest absolute Gasteiger partial charge is 0.462 e. The minimum Gasteiger partial charge on any atom is -0.462 e. The molecule has 1 aliphatic carbocycles. The Morgan fingerprint density at radius 2 is 2.04 bits per heavy atom. The highest BCUT2D eigenvalue weighted by Crippen LogP contribution is 2.46. The van der Waals surface area contributed by atoms with E-state index in [2.05, 4.69) is 5.32 Å². The van der Waals surface area contributed by atoms with Crippen LogP contribution in [0.25, 0.3) is 0 Å². The number of nitrogens with one attached hydrogen (secondary N) is 1. The van der Waals surface area contributed by atoms with E-state index in [1.807, 2.05) is 22.2 Å². The van der Waals surface area contributed by atoms with Crippen LogP contribution in [0.15, 0.2) is 22.2 Å². The topological polar surface area (TPSA) is 81.7 Å². The average molecular weight is 393 g/mol. The summed E-state index contributed by atoms with van der Waals surface area (Å²) in [6.07, 6.45) is 2.21. The Balaban J connectivity index is 1.58. The van der Waals surface area contributed by atoms with Crippen molar-refractivity contribution in [1.82, 2.24) is 0 Å². The van der Waals surface area contributed by atoms with E-state index in [0.29, 0.717) is 16.5 Å². The van der Waals surface area contributed by atoms with Gasteiger partial charge in [0.05, 0.1) is 18.6 Å². The van der Waals surface area contributed by atoms with Crippen molar-refractivity contribution in [2.45, 2.75) is 32.1 Å². The Morgan fingerprint density at radius 3 is 2.69 bits per heavy atom. The highest BCUT2D eigenvalue weighted by atomic mass is 32.1. The molecule has 6 nitrogen and oxygen atoms in total. The number of rotatable bonds is 8. The predicted molar refractivity (Wildman–Crippen MR) is 99.9 cm³/mol. The molecule has 2 heterocycles. The number of carbonyl (C=O) groups excluding carboxylic acids is 3. The summed E-state index contributed by atoms with van der Waals surface area (Å²) in [7, 11) is 0. The molecule has 0 atom stereocenters. The highest BCUT2D eigenvalue weighted by Gasteiger charge is 2.32. The van der Waals surface area contributed by atoms with Gasteiger partial charge in [-0.05, 0) is 59.0 Å². The lowest BCUT2D eigenvalue weighted by molar-refractivity contribution is -0.146. The molecule has 8 heteroatoms. The molecule has 1 saturated carbocycles. The molecule has 26 heavy (non-hydrogen) atoms. The number of amides is 1. The molecular weight excluding hydrogens is 374 g/mol. The van der Waals surface area contributed by atoms with E-state index < -0.39 is 17.8 Å². The van der Waals surface area contributed by atoms with Gasteiger partial charge in [-0.1, -0.05) is 0 Å². The molecule has 0 bridgehead atoms. The first-order chi connectivity index (χ1) is 12.6. The average Bonchev–Trinajstić information content (AvgIpc) is 3.17. The summed E-state index contributed by atoms with van der Waals surface area (Å²) < 4.78 is 10.1. The smallest absolute Gasteiger partial charge is 0.341 e. The third-order valence-corrected chi connectivity index (χ3v) is 5.51. The maximum atomic E-state index is 12.3. The second-order valence-corrected chi connectivity index (χ2v) is 7.57. The van der Waals surface area contributed by atoms with Crippen molar-refractivity contribution >= 4 is 45.5 Å². The van der Waals surface area contributed by atoms with Crippen LogP contribution < -0.4 is 5.32 Å². The second kappa shape index (κ2) is 8.46.